The summed E-state index contributed by atoms with van der Waals surface area (Å²) in [6.07, 6.45) is 10.5. The van der Waals surface area contributed by atoms with E-state index < -0.39 is 5.60 Å². The minimum Gasteiger partial charge on any atom is -0.388 e. The molecule has 0 spiro atoms. The first-order valence-electron chi connectivity index (χ1n) is 8.47. The molecule has 0 radical (unpaired) electrons. The number of aliphatic hydroxyl groups is 1. The van der Waals surface area contributed by atoms with Crippen molar-refractivity contribution in [3.8, 4) is 0 Å². The molecule has 1 fully saturated rings. The topological polar surface area (TPSA) is 78.0 Å². The fraction of sp³-hybridized carbons (Fsp3) is 0.556. The minimum atomic E-state index is -0.774. The number of nitrogens with zero attached hydrogens (tertiary/aromatic N) is 1. The summed E-state index contributed by atoms with van der Waals surface area (Å²) in [6.45, 7) is 2.32. The SMILES string of the molecule is CC(O)(CNc1cc(=O)[nH]c2cnccc12)CC1CCCCC1. The predicted molar refractivity (Wildman–Crippen MR) is 92.7 cm³/mol. The van der Waals surface area contributed by atoms with Crippen LogP contribution in [0, 0.1) is 5.92 Å². The number of hydrogen-bond donors (Lipinski definition) is 3. The quantitative estimate of drug-likeness (QED) is 0.792. The van der Waals surface area contributed by atoms with Crippen LogP contribution in [-0.2, 0) is 0 Å². The Morgan fingerprint density at radius 2 is 2.17 bits per heavy atom. The first-order chi connectivity index (χ1) is 11.0. The zero-order chi connectivity index (χ0) is 16.3. The molecule has 0 amide bonds. The number of anilines is 1. The normalized spacial score (nSPS) is 18.7. The second kappa shape index (κ2) is 6.71. The van der Waals surface area contributed by atoms with Crippen LogP contribution < -0.4 is 10.9 Å². The summed E-state index contributed by atoms with van der Waals surface area (Å²) in [4.78, 5) is 18.6. The van der Waals surface area contributed by atoms with E-state index in [0.717, 1.165) is 17.5 Å². The van der Waals surface area contributed by atoms with Crippen molar-refractivity contribution >= 4 is 16.6 Å². The lowest BCUT2D eigenvalue weighted by atomic mass is 9.81. The summed E-state index contributed by atoms with van der Waals surface area (Å²) in [5, 5.41) is 14.9. The van der Waals surface area contributed by atoms with Crippen molar-refractivity contribution in [2.45, 2.75) is 51.0 Å². The van der Waals surface area contributed by atoms with Crippen molar-refractivity contribution in [1.29, 1.82) is 0 Å². The van der Waals surface area contributed by atoms with E-state index in [4.69, 9.17) is 0 Å². The highest BCUT2D eigenvalue weighted by Crippen LogP contribution is 2.31. The van der Waals surface area contributed by atoms with Gasteiger partial charge in [0.15, 0.2) is 0 Å². The third-order valence-electron chi connectivity index (χ3n) is 4.76. The van der Waals surface area contributed by atoms with E-state index in [2.05, 4.69) is 15.3 Å². The lowest BCUT2D eigenvalue weighted by Gasteiger charge is -2.31. The molecule has 2 heterocycles. The van der Waals surface area contributed by atoms with Gasteiger partial charge >= 0.3 is 0 Å². The van der Waals surface area contributed by atoms with Gasteiger partial charge < -0.3 is 15.4 Å². The third kappa shape index (κ3) is 4.10. The molecule has 1 aliphatic rings. The fourth-order valence-corrected chi connectivity index (χ4v) is 3.62. The smallest absolute Gasteiger partial charge is 0.250 e. The number of aromatic nitrogens is 2. The Morgan fingerprint density at radius 1 is 1.39 bits per heavy atom. The van der Waals surface area contributed by atoms with Crippen molar-refractivity contribution in [3.05, 3.63) is 34.9 Å². The molecule has 5 heteroatoms. The molecule has 1 aliphatic carbocycles. The molecule has 3 rings (SSSR count). The highest BCUT2D eigenvalue weighted by atomic mass is 16.3. The van der Waals surface area contributed by atoms with Crippen molar-refractivity contribution in [2.75, 3.05) is 11.9 Å². The van der Waals surface area contributed by atoms with Gasteiger partial charge in [-0.3, -0.25) is 9.78 Å². The summed E-state index contributed by atoms with van der Waals surface area (Å²) in [7, 11) is 0. The number of pyridine rings is 2. The van der Waals surface area contributed by atoms with Crippen LogP contribution in [0.25, 0.3) is 10.9 Å². The minimum absolute atomic E-state index is 0.167. The zero-order valence-electron chi connectivity index (χ0n) is 13.6. The van der Waals surface area contributed by atoms with E-state index in [1.54, 1.807) is 18.5 Å². The fourth-order valence-electron chi connectivity index (χ4n) is 3.62. The number of aromatic amines is 1. The first-order valence-corrected chi connectivity index (χ1v) is 8.47. The van der Waals surface area contributed by atoms with E-state index in [9.17, 15) is 9.90 Å². The second-order valence-electron chi connectivity index (χ2n) is 7.03. The van der Waals surface area contributed by atoms with Gasteiger partial charge in [-0.15, -0.1) is 0 Å². The summed E-state index contributed by atoms with van der Waals surface area (Å²) >= 11 is 0. The summed E-state index contributed by atoms with van der Waals surface area (Å²) in [6, 6.07) is 3.41. The maximum Gasteiger partial charge on any atom is 0.250 e. The van der Waals surface area contributed by atoms with Crippen LogP contribution in [0.3, 0.4) is 0 Å². The van der Waals surface area contributed by atoms with Gasteiger partial charge in [0, 0.05) is 29.9 Å². The molecule has 2 aromatic heterocycles. The van der Waals surface area contributed by atoms with Crippen molar-refractivity contribution in [1.82, 2.24) is 9.97 Å². The summed E-state index contributed by atoms with van der Waals surface area (Å²) in [5.41, 5.74) is 0.508. The highest BCUT2D eigenvalue weighted by Gasteiger charge is 2.26. The molecule has 0 saturated heterocycles. The van der Waals surface area contributed by atoms with Crippen molar-refractivity contribution in [3.63, 3.8) is 0 Å². The van der Waals surface area contributed by atoms with Gasteiger partial charge in [0.2, 0.25) is 0 Å². The third-order valence-corrected chi connectivity index (χ3v) is 4.76. The maximum atomic E-state index is 11.8. The molecule has 0 bridgehead atoms. The van der Waals surface area contributed by atoms with Crippen molar-refractivity contribution < 1.29 is 5.11 Å². The lowest BCUT2D eigenvalue weighted by molar-refractivity contribution is 0.0399. The molecule has 124 valence electrons. The molecule has 5 nitrogen and oxygen atoms in total. The number of hydrogen-bond acceptors (Lipinski definition) is 4. The van der Waals surface area contributed by atoms with Gasteiger partial charge in [-0.1, -0.05) is 32.1 Å². The van der Waals surface area contributed by atoms with Crippen molar-refractivity contribution in [2.24, 2.45) is 5.92 Å². The van der Waals surface area contributed by atoms with Crippen LogP contribution in [0.5, 0.6) is 0 Å². The maximum absolute atomic E-state index is 11.8. The average Bonchev–Trinajstić information content (AvgIpc) is 2.53. The van der Waals surface area contributed by atoms with E-state index in [1.807, 2.05) is 13.0 Å². The molecule has 2 aromatic rings. The van der Waals surface area contributed by atoms with Gasteiger partial charge in [-0.05, 0) is 25.3 Å². The van der Waals surface area contributed by atoms with Gasteiger partial charge in [-0.2, -0.15) is 0 Å². The Labute approximate surface area is 136 Å². The molecule has 1 saturated carbocycles. The first kappa shape index (κ1) is 16.0. The Bertz CT molecular complexity index is 718. The van der Waals surface area contributed by atoms with E-state index >= 15 is 0 Å². The molecule has 0 aromatic carbocycles. The Kier molecular flexibility index (Phi) is 4.66. The standard InChI is InChI=1S/C18H25N3O2/c1-18(23,10-13-5-3-2-4-6-13)12-20-15-9-17(22)21-16-11-19-8-7-14(15)16/h7-9,11,13,23H,2-6,10,12H2,1H3,(H2,20,21,22). The van der Waals surface area contributed by atoms with Gasteiger partial charge in [0.05, 0.1) is 17.3 Å². The molecule has 1 unspecified atom stereocenters. The number of H-pyrrole nitrogens is 1. The summed E-state index contributed by atoms with van der Waals surface area (Å²) < 4.78 is 0. The number of rotatable bonds is 5. The van der Waals surface area contributed by atoms with Gasteiger partial charge in [0.25, 0.3) is 5.56 Å². The number of nitrogens with one attached hydrogen (secondary N) is 2. The Hall–Kier alpha value is -1.88. The van der Waals surface area contributed by atoms with E-state index in [1.165, 1.54) is 32.1 Å². The molecule has 1 atom stereocenters. The molecule has 3 N–H and O–H groups in total. The van der Waals surface area contributed by atoms with Crippen LogP contribution >= 0.6 is 0 Å². The van der Waals surface area contributed by atoms with Crippen LogP contribution in [0.2, 0.25) is 0 Å². The average molecular weight is 315 g/mol. The molecule has 0 aliphatic heterocycles. The lowest BCUT2D eigenvalue weighted by Crippen LogP contribution is -2.36. The Morgan fingerprint density at radius 3 is 2.96 bits per heavy atom. The highest BCUT2D eigenvalue weighted by molar-refractivity contribution is 5.90. The monoisotopic (exact) mass is 315 g/mol. The molecular weight excluding hydrogens is 290 g/mol. The predicted octanol–water partition coefficient (Wildman–Crippen LogP) is 3.06. The molecule has 23 heavy (non-hydrogen) atoms. The largest absolute Gasteiger partial charge is 0.388 e. The van der Waals surface area contributed by atoms with Crippen LogP contribution in [0.1, 0.15) is 45.4 Å². The zero-order valence-corrected chi connectivity index (χ0v) is 13.6. The second-order valence-corrected chi connectivity index (χ2v) is 7.03. The number of fused-ring (bicyclic) bond motifs is 1. The van der Waals surface area contributed by atoms with E-state index in [0.29, 0.717) is 18.0 Å². The van der Waals surface area contributed by atoms with Gasteiger partial charge in [0.1, 0.15) is 0 Å². The van der Waals surface area contributed by atoms with Crippen LogP contribution in [0.4, 0.5) is 5.69 Å². The van der Waals surface area contributed by atoms with Crippen LogP contribution in [-0.4, -0.2) is 27.2 Å². The van der Waals surface area contributed by atoms with E-state index in [-0.39, 0.29) is 5.56 Å². The van der Waals surface area contributed by atoms with Gasteiger partial charge in [-0.25, -0.2) is 0 Å². The Balaban J connectivity index is 1.70. The molecular formula is C18H25N3O2. The van der Waals surface area contributed by atoms with Crippen LogP contribution in [0.15, 0.2) is 29.3 Å². The summed E-state index contributed by atoms with van der Waals surface area (Å²) in [5.74, 6) is 0.612.